The topological polar surface area (TPSA) is 73.8 Å². The van der Waals surface area contributed by atoms with Gasteiger partial charge >= 0.3 is 0 Å². The number of Topliss-reactive ketones (excluding diaryl/α,β-unsaturated/α-hetero) is 1. The van der Waals surface area contributed by atoms with Crippen molar-refractivity contribution in [1.29, 1.82) is 0 Å². The summed E-state index contributed by atoms with van der Waals surface area (Å²) in [5.41, 5.74) is 3.36. The maximum absolute atomic E-state index is 13.9. The highest BCUT2D eigenvalue weighted by atomic mass is 35.5. The highest BCUT2D eigenvalue weighted by molar-refractivity contribution is 6.31. The van der Waals surface area contributed by atoms with Crippen LogP contribution in [0.3, 0.4) is 0 Å². The number of hydrogen-bond acceptors (Lipinski definition) is 6. The van der Waals surface area contributed by atoms with Gasteiger partial charge in [0, 0.05) is 40.1 Å². The van der Waals surface area contributed by atoms with Crippen LogP contribution in [0.2, 0.25) is 5.02 Å². The van der Waals surface area contributed by atoms with Crippen molar-refractivity contribution in [1.82, 2.24) is 9.97 Å². The largest absolute Gasteiger partial charge is 0.494 e. The van der Waals surface area contributed by atoms with Crippen LogP contribution in [0.25, 0.3) is 22.2 Å². The molecule has 4 heterocycles. The minimum absolute atomic E-state index is 0.0145. The molecule has 2 aromatic heterocycles. The number of benzene rings is 2. The monoisotopic (exact) mass is 532 g/mol. The van der Waals surface area contributed by atoms with Crippen molar-refractivity contribution >= 4 is 28.3 Å². The van der Waals surface area contributed by atoms with E-state index in [9.17, 15) is 9.18 Å². The highest BCUT2D eigenvalue weighted by Gasteiger charge is 2.49. The smallest absolute Gasteiger partial charge is 0.163 e. The minimum atomic E-state index is -0.676. The molecule has 0 saturated carbocycles. The van der Waals surface area contributed by atoms with Gasteiger partial charge in [0.1, 0.15) is 34.1 Å². The first-order valence-corrected chi connectivity index (χ1v) is 12.8. The zero-order valence-electron chi connectivity index (χ0n) is 21.3. The molecular weight excluding hydrogens is 507 g/mol. The third kappa shape index (κ3) is 4.20. The van der Waals surface area contributed by atoms with Crippen molar-refractivity contribution < 1.29 is 23.4 Å². The van der Waals surface area contributed by atoms with E-state index < -0.39 is 11.4 Å². The van der Waals surface area contributed by atoms with Crippen molar-refractivity contribution in [3.63, 3.8) is 0 Å². The van der Waals surface area contributed by atoms with Crippen LogP contribution in [0.4, 0.5) is 4.39 Å². The number of halogens is 2. The summed E-state index contributed by atoms with van der Waals surface area (Å²) in [5.74, 6) is 0.726. The predicted octanol–water partition coefficient (Wildman–Crippen LogP) is 6.66. The van der Waals surface area contributed by atoms with Crippen LogP contribution in [-0.2, 0) is 15.8 Å². The van der Waals surface area contributed by atoms with Gasteiger partial charge in [0.25, 0.3) is 0 Å². The number of aromatic nitrogens is 2. The zero-order chi connectivity index (χ0) is 26.7. The molecule has 0 amide bonds. The lowest BCUT2D eigenvalue weighted by molar-refractivity contribution is 0.0966. The molecule has 0 N–H and O–H groups in total. The number of nitrogens with zero attached hydrogens (tertiary/aromatic N) is 2. The SMILES string of the molecule is COc1cc(C(=O)CCC2(c3cc4c(c(-c5ccc(F)c(Cl)c5)n3)OCC4(C)C)CO2)cc2cccnc12. The Labute approximate surface area is 224 Å². The van der Waals surface area contributed by atoms with Crippen LogP contribution in [0.5, 0.6) is 11.5 Å². The number of carbonyl (C=O) groups is 1. The second-order valence-corrected chi connectivity index (χ2v) is 10.9. The number of ether oxygens (including phenoxy) is 3. The minimum Gasteiger partial charge on any atom is -0.494 e. The maximum Gasteiger partial charge on any atom is 0.163 e. The number of methoxy groups -OCH3 is 1. The molecule has 1 fully saturated rings. The first kappa shape index (κ1) is 24.8. The molecule has 8 heteroatoms. The molecule has 2 aliphatic heterocycles. The Hall–Kier alpha value is -3.55. The zero-order valence-corrected chi connectivity index (χ0v) is 22.1. The first-order valence-electron chi connectivity index (χ1n) is 12.4. The third-order valence-electron chi connectivity index (χ3n) is 7.40. The normalized spacial score (nSPS) is 19.2. The predicted molar refractivity (Wildman–Crippen MR) is 143 cm³/mol. The molecule has 0 radical (unpaired) electrons. The second kappa shape index (κ2) is 9.03. The van der Waals surface area contributed by atoms with E-state index in [1.54, 1.807) is 31.5 Å². The average Bonchev–Trinajstić information content (AvgIpc) is 3.65. The van der Waals surface area contributed by atoms with Crippen LogP contribution in [0.1, 0.15) is 48.3 Å². The van der Waals surface area contributed by atoms with Crippen LogP contribution in [-0.4, -0.2) is 36.1 Å². The molecule has 0 spiro atoms. The summed E-state index contributed by atoms with van der Waals surface area (Å²) in [6, 6.07) is 13.9. The van der Waals surface area contributed by atoms with E-state index in [2.05, 4.69) is 18.8 Å². The molecule has 0 bridgehead atoms. The maximum atomic E-state index is 13.9. The molecule has 4 aromatic rings. The number of rotatable bonds is 7. The Bertz CT molecular complexity index is 1600. The van der Waals surface area contributed by atoms with Gasteiger partial charge in [-0.25, -0.2) is 9.37 Å². The van der Waals surface area contributed by atoms with E-state index in [0.29, 0.717) is 53.5 Å². The van der Waals surface area contributed by atoms with Gasteiger partial charge in [-0.1, -0.05) is 31.5 Å². The summed E-state index contributed by atoms with van der Waals surface area (Å²) in [5, 5.41) is 0.863. The summed E-state index contributed by atoms with van der Waals surface area (Å²) >= 11 is 6.09. The molecule has 194 valence electrons. The van der Waals surface area contributed by atoms with E-state index >= 15 is 0 Å². The first-order chi connectivity index (χ1) is 18.2. The van der Waals surface area contributed by atoms with Gasteiger partial charge in [0.05, 0.1) is 31.0 Å². The highest BCUT2D eigenvalue weighted by Crippen LogP contribution is 2.49. The van der Waals surface area contributed by atoms with Crippen LogP contribution in [0.15, 0.2) is 54.7 Å². The van der Waals surface area contributed by atoms with Crippen molar-refractivity contribution in [3.8, 4) is 22.8 Å². The Morgan fingerprint density at radius 3 is 2.71 bits per heavy atom. The van der Waals surface area contributed by atoms with Crippen molar-refractivity contribution in [3.05, 3.63) is 82.4 Å². The molecular formula is C30H26ClFN2O4. The third-order valence-corrected chi connectivity index (χ3v) is 7.69. The van der Waals surface area contributed by atoms with Crippen LogP contribution in [0, 0.1) is 5.82 Å². The number of pyridine rings is 2. The Balaban J connectivity index is 1.33. The average molecular weight is 533 g/mol. The molecule has 0 aliphatic carbocycles. The standard InChI is InChI=1S/C30H26ClFN2O4/c1-29(2)15-37-28-20(29)14-25(34-27(28)18-6-7-22(32)21(31)12-18)30(16-38-30)9-8-23(35)19-11-17-5-4-10-33-26(17)24(13-19)36-3/h4-7,10-14H,8-9,15-16H2,1-3H3. The van der Waals surface area contributed by atoms with Crippen LogP contribution < -0.4 is 9.47 Å². The fraction of sp³-hybridized carbons (Fsp3) is 0.300. The summed E-state index contributed by atoms with van der Waals surface area (Å²) in [4.78, 5) is 22.6. The number of hydrogen-bond donors (Lipinski definition) is 0. The van der Waals surface area contributed by atoms with Gasteiger partial charge in [0.2, 0.25) is 0 Å². The van der Waals surface area contributed by atoms with Gasteiger partial charge < -0.3 is 14.2 Å². The van der Waals surface area contributed by atoms with Crippen molar-refractivity contribution in [2.45, 2.75) is 37.7 Å². The lowest BCUT2D eigenvalue weighted by Gasteiger charge is -2.19. The molecule has 2 aliphatic rings. The Kier molecular flexibility index (Phi) is 5.89. The second-order valence-electron chi connectivity index (χ2n) is 10.5. The molecule has 2 aromatic carbocycles. The quantitative estimate of drug-likeness (QED) is 0.196. The fourth-order valence-corrected chi connectivity index (χ4v) is 5.21. The summed E-state index contributed by atoms with van der Waals surface area (Å²) in [6.45, 7) is 5.17. The van der Waals surface area contributed by atoms with Gasteiger partial charge in [-0.05, 0) is 48.9 Å². The molecule has 1 saturated heterocycles. The van der Waals surface area contributed by atoms with Gasteiger partial charge in [-0.3, -0.25) is 9.78 Å². The molecule has 1 unspecified atom stereocenters. The van der Waals surface area contributed by atoms with Crippen LogP contribution >= 0.6 is 11.6 Å². The summed E-state index contributed by atoms with van der Waals surface area (Å²) in [6.07, 6.45) is 2.44. The van der Waals surface area contributed by atoms with Gasteiger partial charge in [-0.2, -0.15) is 0 Å². The van der Waals surface area contributed by atoms with E-state index in [-0.39, 0.29) is 22.6 Å². The van der Waals surface area contributed by atoms with E-state index in [1.165, 1.54) is 6.07 Å². The molecule has 6 rings (SSSR count). The molecule has 1 atom stereocenters. The summed E-state index contributed by atoms with van der Waals surface area (Å²) in [7, 11) is 1.57. The Morgan fingerprint density at radius 2 is 1.97 bits per heavy atom. The van der Waals surface area contributed by atoms with E-state index in [4.69, 9.17) is 30.8 Å². The Morgan fingerprint density at radius 1 is 1.16 bits per heavy atom. The van der Waals surface area contributed by atoms with Gasteiger partial charge in [0.15, 0.2) is 5.78 Å². The fourth-order valence-electron chi connectivity index (χ4n) is 5.03. The van der Waals surface area contributed by atoms with E-state index in [1.807, 2.05) is 24.3 Å². The molecule has 6 nitrogen and oxygen atoms in total. The lowest BCUT2D eigenvalue weighted by atomic mass is 9.84. The van der Waals surface area contributed by atoms with Gasteiger partial charge in [-0.15, -0.1) is 0 Å². The summed E-state index contributed by atoms with van der Waals surface area (Å²) < 4.78 is 31.4. The van der Waals surface area contributed by atoms with E-state index in [0.717, 1.165) is 16.6 Å². The number of epoxide rings is 1. The molecule has 38 heavy (non-hydrogen) atoms. The number of carbonyl (C=O) groups excluding carboxylic acids is 1. The number of fused-ring (bicyclic) bond motifs is 2. The van der Waals surface area contributed by atoms with Crippen molar-refractivity contribution in [2.75, 3.05) is 20.3 Å². The lowest BCUT2D eigenvalue weighted by Crippen LogP contribution is -2.20. The van der Waals surface area contributed by atoms with Crippen molar-refractivity contribution in [2.24, 2.45) is 0 Å². The number of ketones is 1.